The zero-order valence-corrected chi connectivity index (χ0v) is 10.3. The molecule has 2 aromatic heterocycles. The van der Waals surface area contributed by atoms with Gasteiger partial charge in [-0.2, -0.15) is 28.5 Å². The summed E-state index contributed by atoms with van der Waals surface area (Å²) in [5, 5.41) is 13.2. The van der Waals surface area contributed by atoms with E-state index in [1.165, 1.54) is 25.4 Å². The number of aromatic nitrogens is 4. The number of anilines is 1. The Hall–Kier alpha value is -2.45. The van der Waals surface area contributed by atoms with Gasteiger partial charge in [0.1, 0.15) is 6.54 Å². The first-order valence-electron chi connectivity index (χ1n) is 5.54. The molecular formula is C11H10F3N5O. The van der Waals surface area contributed by atoms with E-state index in [4.69, 9.17) is 0 Å². The van der Waals surface area contributed by atoms with Crippen molar-refractivity contribution in [2.24, 2.45) is 0 Å². The monoisotopic (exact) mass is 285 g/mol. The number of alkyl halides is 3. The standard InChI is InChI=1S/C11H10F3N5O/c1-7-9(5-17-19(7)6-11(12,13)14)10(20)18-8-2-3-15-16-4-8/h2-5H,6H2,1H3,(H,15,18,20). The average molecular weight is 285 g/mol. The molecule has 1 N–H and O–H groups in total. The third-order valence-corrected chi connectivity index (χ3v) is 2.52. The van der Waals surface area contributed by atoms with Crippen molar-refractivity contribution in [2.45, 2.75) is 19.6 Å². The number of hydrogen-bond donors (Lipinski definition) is 1. The minimum Gasteiger partial charge on any atom is -0.320 e. The van der Waals surface area contributed by atoms with Gasteiger partial charge in [0.25, 0.3) is 5.91 Å². The van der Waals surface area contributed by atoms with Crippen molar-refractivity contribution in [1.82, 2.24) is 20.0 Å². The van der Waals surface area contributed by atoms with Gasteiger partial charge >= 0.3 is 6.18 Å². The van der Waals surface area contributed by atoms with Gasteiger partial charge in [-0.3, -0.25) is 9.48 Å². The second-order valence-corrected chi connectivity index (χ2v) is 4.00. The van der Waals surface area contributed by atoms with Crippen molar-refractivity contribution >= 4 is 11.6 Å². The summed E-state index contributed by atoms with van der Waals surface area (Å²) in [7, 11) is 0. The summed E-state index contributed by atoms with van der Waals surface area (Å²) in [5.74, 6) is -0.552. The maximum atomic E-state index is 12.3. The van der Waals surface area contributed by atoms with Gasteiger partial charge in [0, 0.05) is 5.69 Å². The molecule has 106 valence electrons. The molecule has 0 fully saturated rings. The molecule has 2 aromatic rings. The fraction of sp³-hybridized carbons (Fsp3) is 0.273. The summed E-state index contributed by atoms with van der Waals surface area (Å²) in [5.41, 5.74) is 0.612. The van der Waals surface area contributed by atoms with Gasteiger partial charge in [0.2, 0.25) is 0 Å². The van der Waals surface area contributed by atoms with Crippen LogP contribution in [-0.2, 0) is 6.54 Å². The van der Waals surface area contributed by atoms with Crippen LogP contribution in [-0.4, -0.2) is 32.1 Å². The normalized spacial score (nSPS) is 11.4. The van der Waals surface area contributed by atoms with Crippen LogP contribution in [0.15, 0.2) is 24.7 Å². The van der Waals surface area contributed by atoms with Crippen molar-refractivity contribution in [3.63, 3.8) is 0 Å². The zero-order valence-electron chi connectivity index (χ0n) is 10.3. The van der Waals surface area contributed by atoms with Crippen LogP contribution in [0.5, 0.6) is 0 Å². The van der Waals surface area contributed by atoms with E-state index in [-0.39, 0.29) is 11.3 Å². The summed E-state index contributed by atoms with van der Waals surface area (Å²) >= 11 is 0. The van der Waals surface area contributed by atoms with Crippen LogP contribution in [0.4, 0.5) is 18.9 Å². The largest absolute Gasteiger partial charge is 0.408 e. The van der Waals surface area contributed by atoms with E-state index in [0.29, 0.717) is 5.69 Å². The Labute approximate surface area is 111 Å². The van der Waals surface area contributed by atoms with Gasteiger partial charge < -0.3 is 5.32 Å². The molecule has 0 aliphatic carbocycles. The Kier molecular flexibility index (Phi) is 3.68. The second-order valence-electron chi connectivity index (χ2n) is 4.00. The highest BCUT2D eigenvalue weighted by Crippen LogP contribution is 2.19. The molecular weight excluding hydrogens is 275 g/mol. The average Bonchev–Trinajstić information content (AvgIpc) is 2.70. The number of carbonyl (C=O) groups is 1. The lowest BCUT2D eigenvalue weighted by Crippen LogP contribution is -2.20. The summed E-state index contributed by atoms with van der Waals surface area (Å²) in [4.78, 5) is 11.9. The first kappa shape index (κ1) is 14.0. The number of hydrogen-bond acceptors (Lipinski definition) is 4. The van der Waals surface area contributed by atoms with Gasteiger partial charge in [-0.05, 0) is 13.0 Å². The van der Waals surface area contributed by atoms with Gasteiger partial charge in [-0.15, -0.1) is 0 Å². The van der Waals surface area contributed by atoms with Crippen molar-refractivity contribution in [1.29, 1.82) is 0 Å². The molecule has 0 aromatic carbocycles. The highest BCUT2D eigenvalue weighted by molar-refractivity contribution is 6.04. The van der Waals surface area contributed by atoms with E-state index in [1.54, 1.807) is 0 Å². The number of rotatable bonds is 3. The van der Waals surface area contributed by atoms with Crippen LogP contribution < -0.4 is 5.32 Å². The van der Waals surface area contributed by atoms with Crippen LogP contribution in [0.2, 0.25) is 0 Å². The minimum atomic E-state index is -4.39. The third kappa shape index (κ3) is 3.31. The van der Waals surface area contributed by atoms with E-state index in [2.05, 4.69) is 20.6 Å². The molecule has 9 heteroatoms. The van der Waals surface area contributed by atoms with Gasteiger partial charge in [0.05, 0.1) is 29.8 Å². The topological polar surface area (TPSA) is 72.7 Å². The Morgan fingerprint density at radius 1 is 1.35 bits per heavy atom. The van der Waals surface area contributed by atoms with Crippen LogP contribution in [0.3, 0.4) is 0 Å². The SMILES string of the molecule is Cc1c(C(=O)Nc2ccnnc2)cnn1CC(F)(F)F. The highest BCUT2D eigenvalue weighted by Gasteiger charge is 2.30. The Balaban J connectivity index is 2.15. The van der Waals surface area contributed by atoms with Gasteiger partial charge in [0.15, 0.2) is 0 Å². The lowest BCUT2D eigenvalue weighted by Gasteiger charge is -2.08. The summed E-state index contributed by atoms with van der Waals surface area (Å²) in [6.07, 6.45) is -0.576. The first-order chi connectivity index (χ1) is 9.37. The molecule has 2 heterocycles. The summed E-state index contributed by atoms with van der Waals surface area (Å²) < 4.78 is 37.6. The molecule has 6 nitrogen and oxygen atoms in total. The van der Waals surface area contributed by atoms with Crippen molar-refractivity contribution in [3.05, 3.63) is 35.9 Å². The number of halogens is 3. The van der Waals surface area contributed by atoms with Crippen LogP contribution >= 0.6 is 0 Å². The molecule has 0 saturated heterocycles. The Morgan fingerprint density at radius 3 is 2.70 bits per heavy atom. The molecule has 0 aliphatic rings. The lowest BCUT2D eigenvalue weighted by atomic mass is 10.2. The predicted molar refractivity (Wildman–Crippen MR) is 63.0 cm³/mol. The molecule has 0 unspecified atom stereocenters. The van der Waals surface area contributed by atoms with E-state index in [9.17, 15) is 18.0 Å². The maximum Gasteiger partial charge on any atom is 0.408 e. The molecule has 0 bridgehead atoms. The molecule has 2 rings (SSSR count). The van der Waals surface area contributed by atoms with Crippen molar-refractivity contribution in [3.8, 4) is 0 Å². The number of nitrogens with one attached hydrogen (secondary N) is 1. The van der Waals surface area contributed by atoms with E-state index < -0.39 is 18.6 Å². The van der Waals surface area contributed by atoms with Crippen LogP contribution in [0.1, 0.15) is 16.1 Å². The van der Waals surface area contributed by atoms with Crippen LogP contribution in [0, 0.1) is 6.92 Å². The minimum absolute atomic E-state index is 0.0751. The number of nitrogens with zero attached hydrogens (tertiary/aromatic N) is 4. The van der Waals surface area contributed by atoms with E-state index in [1.807, 2.05) is 0 Å². The van der Waals surface area contributed by atoms with E-state index in [0.717, 1.165) is 10.9 Å². The molecule has 0 aliphatic heterocycles. The predicted octanol–water partition coefficient (Wildman–Crippen LogP) is 1.80. The zero-order chi connectivity index (χ0) is 14.8. The maximum absolute atomic E-state index is 12.3. The highest BCUT2D eigenvalue weighted by atomic mass is 19.4. The molecule has 1 amide bonds. The quantitative estimate of drug-likeness (QED) is 0.933. The summed E-state index contributed by atoms with van der Waals surface area (Å²) in [6.45, 7) is 0.168. The molecule has 20 heavy (non-hydrogen) atoms. The van der Waals surface area contributed by atoms with E-state index >= 15 is 0 Å². The fourth-order valence-electron chi connectivity index (χ4n) is 1.56. The first-order valence-corrected chi connectivity index (χ1v) is 5.54. The second kappa shape index (κ2) is 5.27. The molecule has 0 radical (unpaired) electrons. The third-order valence-electron chi connectivity index (χ3n) is 2.52. The fourth-order valence-corrected chi connectivity index (χ4v) is 1.56. The van der Waals surface area contributed by atoms with Crippen LogP contribution in [0.25, 0.3) is 0 Å². The number of carbonyl (C=O) groups excluding carboxylic acids is 1. The summed E-state index contributed by atoms with van der Waals surface area (Å²) in [6, 6.07) is 1.51. The Bertz CT molecular complexity index is 608. The Morgan fingerprint density at radius 2 is 2.10 bits per heavy atom. The number of amides is 1. The lowest BCUT2D eigenvalue weighted by molar-refractivity contribution is -0.142. The van der Waals surface area contributed by atoms with Gasteiger partial charge in [-0.1, -0.05) is 0 Å². The molecule has 0 saturated carbocycles. The van der Waals surface area contributed by atoms with Gasteiger partial charge in [-0.25, -0.2) is 0 Å². The van der Waals surface area contributed by atoms with Crippen molar-refractivity contribution < 1.29 is 18.0 Å². The molecule has 0 spiro atoms. The smallest absolute Gasteiger partial charge is 0.320 e. The van der Waals surface area contributed by atoms with Crippen molar-refractivity contribution in [2.75, 3.05) is 5.32 Å². The molecule has 0 atom stereocenters.